The van der Waals surface area contributed by atoms with Crippen molar-refractivity contribution in [2.75, 3.05) is 0 Å². The van der Waals surface area contributed by atoms with Gasteiger partial charge in [0.05, 0.1) is 10.9 Å². The topological polar surface area (TPSA) is 3.88 Å². The zero-order valence-electron chi connectivity index (χ0n) is 17.0. The third-order valence-corrected chi connectivity index (χ3v) is 6.00. The summed E-state index contributed by atoms with van der Waals surface area (Å²) < 4.78 is 16.6. The zero-order chi connectivity index (χ0) is 19.2. The third kappa shape index (κ3) is 2.92. The van der Waals surface area contributed by atoms with Crippen molar-refractivity contribution >= 4 is 10.8 Å². The van der Waals surface area contributed by atoms with E-state index >= 15 is 0 Å². The zero-order valence-corrected chi connectivity index (χ0v) is 17.0. The summed E-state index contributed by atoms with van der Waals surface area (Å²) >= 11 is 0. The summed E-state index contributed by atoms with van der Waals surface area (Å²) in [5.74, 6) is 0.457. The lowest BCUT2D eigenvalue weighted by atomic mass is 9.91. The van der Waals surface area contributed by atoms with Crippen molar-refractivity contribution < 1.29 is 8.96 Å². The van der Waals surface area contributed by atoms with E-state index in [1.165, 1.54) is 27.7 Å². The SMILES string of the molecule is CCC(C)c1ccc2c(-c3cc(C)c(F)c(C)c3C)[n+](C)c(C)cc2c1. The van der Waals surface area contributed by atoms with Gasteiger partial charge in [-0.1, -0.05) is 26.0 Å². The largest absolute Gasteiger partial charge is 0.220 e. The van der Waals surface area contributed by atoms with Gasteiger partial charge in [0.1, 0.15) is 12.9 Å². The molecule has 2 heteroatoms. The molecule has 0 N–H and O–H groups in total. The number of pyridine rings is 1. The van der Waals surface area contributed by atoms with Gasteiger partial charge in [-0.15, -0.1) is 0 Å². The number of aryl methyl sites for hydroxylation is 2. The Morgan fingerprint density at radius 2 is 1.69 bits per heavy atom. The molecule has 26 heavy (non-hydrogen) atoms. The van der Waals surface area contributed by atoms with Crippen LogP contribution >= 0.6 is 0 Å². The second-order valence-electron chi connectivity index (χ2n) is 7.65. The lowest BCUT2D eigenvalue weighted by Gasteiger charge is -2.15. The Hall–Kier alpha value is -2.22. The van der Waals surface area contributed by atoms with Gasteiger partial charge in [0.2, 0.25) is 5.69 Å². The fourth-order valence-corrected chi connectivity index (χ4v) is 3.76. The number of hydrogen-bond acceptors (Lipinski definition) is 0. The maximum absolute atomic E-state index is 14.4. The van der Waals surface area contributed by atoms with Gasteiger partial charge in [0, 0.05) is 13.0 Å². The number of nitrogens with zero attached hydrogens (tertiary/aromatic N) is 1. The minimum atomic E-state index is -0.0927. The molecule has 3 aromatic rings. The average molecular weight is 351 g/mol. The fraction of sp³-hybridized carbons (Fsp3) is 0.375. The summed E-state index contributed by atoms with van der Waals surface area (Å²) in [6, 6.07) is 11.0. The average Bonchev–Trinajstić information content (AvgIpc) is 2.63. The van der Waals surface area contributed by atoms with Crippen LogP contribution in [0.3, 0.4) is 0 Å². The van der Waals surface area contributed by atoms with Crippen LogP contribution in [0, 0.1) is 33.5 Å². The molecule has 0 spiro atoms. The molecule has 1 aromatic heterocycles. The highest BCUT2D eigenvalue weighted by Gasteiger charge is 2.22. The van der Waals surface area contributed by atoms with Crippen LogP contribution in [-0.2, 0) is 7.05 Å². The van der Waals surface area contributed by atoms with Crippen LogP contribution < -0.4 is 4.57 Å². The predicted octanol–water partition coefficient (Wildman–Crippen LogP) is 6.22. The predicted molar refractivity (Wildman–Crippen MR) is 108 cm³/mol. The first-order chi connectivity index (χ1) is 12.3. The Morgan fingerprint density at radius 1 is 1.00 bits per heavy atom. The highest BCUT2D eigenvalue weighted by atomic mass is 19.1. The molecule has 2 aromatic carbocycles. The maximum atomic E-state index is 14.4. The molecule has 1 unspecified atom stereocenters. The van der Waals surface area contributed by atoms with Crippen LogP contribution in [0.15, 0.2) is 30.3 Å². The van der Waals surface area contributed by atoms with Crippen molar-refractivity contribution in [2.45, 2.75) is 53.9 Å². The normalized spacial score (nSPS) is 12.6. The molecule has 3 rings (SSSR count). The first-order valence-corrected chi connectivity index (χ1v) is 9.46. The lowest BCUT2D eigenvalue weighted by Crippen LogP contribution is -2.35. The summed E-state index contributed by atoms with van der Waals surface area (Å²) in [5.41, 5.74) is 7.32. The highest BCUT2D eigenvalue weighted by Crippen LogP contribution is 2.33. The summed E-state index contributed by atoms with van der Waals surface area (Å²) in [5, 5.41) is 2.48. The molecule has 136 valence electrons. The minimum absolute atomic E-state index is 0.0927. The van der Waals surface area contributed by atoms with E-state index in [-0.39, 0.29) is 5.82 Å². The van der Waals surface area contributed by atoms with Crippen molar-refractivity contribution in [3.63, 3.8) is 0 Å². The molecule has 1 nitrogen and oxygen atoms in total. The van der Waals surface area contributed by atoms with E-state index in [0.29, 0.717) is 11.5 Å². The maximum Gasteiger partial charge on any atom is 0.220 e. The monoisotopic (exact) mass is 350 g/mol. The standard InChI is InChI=1S/C24H29FN/c1-8-14(2)19-9-10-21-20(13-19)12-16(4)26(7)24(21)22-11-15(3)23(25)18(6)17(22)5/h9-14H,8H2,1-7H3/q+1. The Balaban J connectivity index is 2.38. The van der Waals surface area contributed by atoms with E-state index in [2.05, 4.69) is 56.7 Å². The molecule has 0 aliphatic heterocycles. The molecule has 0 saturated heterocycles. The van der Waals surface area contributed by atoms with Crippen LogP contribution in [0.5, 0.6) is 0 Å². The molecule has 1 atom stereocenters. The molecule has 0 amide bonds. The van der Waals surface area contributed by atoms with Crippen molar-refractivity contribution in [1.82, 2.24) is 0 Å². The summed E-state index contributed by atoms with van der Waals surface area (Å²) in [6.45, 7) is 12.4. The van der Waals surface area contributed by atoms with Gasteiger partial charge in [-0.2, -0.15) is 4.57 Å². The van der Waals surface area contributed by atoms with Gasteiger partial charge in [-0.05, 0) is 72.9 Å². The first kappa shape index (κ1) is 18.6. The van der Waals surface area contributed by atoms with Gasteiger partial charge >= 0.3 is 0 Å². The van der Waals surface area contributed by atoms with Gasteiger partial charge < -0.3 is 0 Å². The summed E-state index contributed by atoms with van der Waals surface area (Å²) in [6.07, 6.45) is 1.13. The molecule has 0 bridgehead atoms. The Labute approximate surface area is 156 Å². The molecular formula is C24H29FN+. The third-order valence-electron chi connectivity index (χ3n) is 6.00. The second-order valence-corrected chi connectivity index (χ2v) is 7.65. The summed E-state index contributed by atoms with van der Waals surface area (Å²) in [7, 11) is 2.10. The fourth-order valence-electron chi connectivity index (χ4n) is 3.76. The number of rotatable bonds is 3. The Kier molecular flexibility index (Phi) is 4.88. The van der Waals surface area contributed by atoms with Crippen LogP contribution in [0.25, 0.3) is 22.0 Å². The van der Waals surface area contributed by atoms with Gasteiger partial charge in [0.15, 0.2) is 5.69 Å². The molecule has 0 fully saturated rings. The number of aromatic nitrogens is 1. The van der Waals surface area contributed by atoms with E-state index < -0.39 is 0 Å². The van der Waals surface area contributed by atoms with E-state index in [1.807, 2.05) is 26.8 Å². The number of hydrogen-bond donors (Lipinski definition) is 0. The molecular weight excluding hydrogens is 321 g/mol. The van der Waals surface area contributed by atoms with Crippen LogP contribution in [0.4, 0.5) is 4.39 Å². The van der Waals surface area contributed by atoms with Gasteiger partial charge in [-0.25, -0.2) is 4.39 Å². The molecule has 0 aliphatic rings. The number of fused-ring (bicyclic) bond motifs is 1. The lowest BCUT2D eigenvalue weighted by molar-refractivity contribution is -0.665. The van der Waals surface area contributed by atoms with E-state index in [0.717, 1.165) is 23.1 Å². The quantitative estimate of drug-likeness (QED) is 0.494. The van der Waals surface area contributed by atoms with Crippen molar-refractivity contribution in [1.29, 1.82) is 0 Å². The smallest absolute Gasteiger partial charge is 0.206 e. The first-order valence-electron chi connectivity index (χ1n) is 9.46. The summed E-state index contributed by atoms with van der Waals surface area (Å²) in [4.78, 5) is 0. The van der Waals surface area contributed by atoms with Crippen molar-refractivity contribution in [2.24, 2.45) is 7.05 Å². The van der Waals surface area contributed by atoms with Gasteiger partial charge in [-0.3, -0.25) is 0 Å². The van der Waals surface area contributed by atoms with Crippen LogP contribution in [-0.4, -0.2) is 0 Å². The highest BCUT2D eigenvalue weighted by molar-refractivity contribution is 5.94. The van der Waals surface area contributed by atoms with Crippen molar-refractivity contribution in [3.8, 4) is 11.3 Å². The Bertz CT molecular complexity index is 1000. The molecule has 1 heterocycles. The van der Waals surface area contributed by atoms with E-state index in [4.69, 9.17) is 0 Å². The molecule has 0 aliphatic carbocycles. The molecule has 0 radical (unpaired) electrons. The minimum Gasteiger partial charge on any atom is -0.206 e. The van der Waals surface area contributed by atoms with Crippen LogP contribution in [0.1, 0.15) is 54.1 Å². The van der Waals surface area contributed by atoms with Crippen LogP contribution in [0.2, 0.25) is 0 Å². The van der Waals surface area contributed by atoms with Crippen molar-refractivity contribution in [3.05, 3.63) is 64.1 Å². The van der Waals surface area contributed by atoms with E-state index in [9.17, 15) is 4.39 Å². The Morgan fingerprint density at radius 3 is 2.35 bits per heavy atom. The second kappa shape index (κ2) is 6.83. The number of halogens is 1. The van der Waals surface area contributed by atoms with E-state index in [1.54, 1.807) is 0 Å². The number of benzene rings is 2. The molecule has 0 saturated carbocycles. The van der Waals surface area contributed by atoms with Gasteiger partial charge in [0.25, 0.3) is 0 Å².